The van der Waals surface area contributed by atoms with E-state index in [0.29, 0.717) is 12.2 Å². The van der Waals surface area contributed by atoms with Crippen molar-refractivity contribution in [3.8, 4) is 11.5 Å². The molecule has 1 N–H and O–H groups in total. The Hall–Kier alpha value is -4.20. The Morgan fingerprint density at radius 3 is 2.37 bits per heavy atom. The van der Waals surface area contributed by atoms with Gasteiger partial charge in [0.05, 0.1) is 5.56 Å². The SMILES string of the molecule is CC1=C(CCc2nnn[nH]2)c2ccccc2/C1=C\c1ccc(Oc2cccc(C(F)(F)F)c2)cc1. The van der Waals surface area contributed by atoms with Gasteiger partial charge in [-0.3, -0.25) is 0 Å². The normalized spacial score (nSPS) is 14.5. The van der Waals surface area contributed by atoms with Gasteiger partial charge in [-0.05, 0) is 93.6 Å². The first-order valence-electron chi connectivity index (χ1n) is 11.1. The summed E-state index contributed by atoms with van der Waals surface area (Å²) in [6.45, 7) is 2.12. The van der Waals surface area contributed by atoms with Gasteiger partial charge in [0.15, 0.2) is 0 Å². The molecule has 0 amide bonds. The third-order valence-electron chi connectivity index (χ3n) is 5.99. The van der Waals surface area contributed by atoms with Crippen LogP contribution in [0.1, 0.15) is 41.4 Å². The topological polar surface area (TPSA) is 63.7 Å². The predicted octanol–water partition coefficient (Wildman–Crippen LogP) is 6.97. The number of benzene rings is 3. The summed E-state index contributed by atoms with van der Waals surface area (Å²) >= 11 is 0. The van der Waals surface area contributed by atoms with Gasteiger partial charge in [-0.2, -0.15) is 13.2 Å². The monoisotopic (exact) mass is 474 g/mol. The predicted molar refractivity (Wildman–Crippen MR) is 127 cm³/mol. The van der Waals surface area contributed by atoms with Crippen molar-refractivity contribution >= 4 is 17.2 Å². The summed E-state index contributed by atoms with van der Waals surface area (Å²) in [7, 11) is 0. The molecular formula is C27H21F3N4O. The van der Waals surface area contributed by atoms with Gasteiger partial charge in [-0.1, -0.05) is 42.5 Å². The minimum atomic E-state index is -4.41. The van der Waals surface area contributed by atoms with Crippen molar-refractivity contribution in [3.05, 3.63) is 106 Å². The molecule has 3 aromatic carbocycles. The molecule has 1 heterocycles. The first-order valence-corrected chi connectivity index (χ1v) is 11.1. The number of ether oxygens (including phenoxy) is 1. The third-order valence-corrected chi connectivity index (χ3v) is 5.99. The van der Waals surface area contributed by atoms with Crippen LogP contribution in [0.5, 0.6) is 11.5 Å². The number of H-pyrrole nitrogens is 1. The van der Waals surface area contributed by atoms with Gasteiger partial charge in [-0.15, -0.1) is 5.10 Å². The first-order chi connectivity index (χ1) is 16.9. The maximum absolute atomic E-state index is 13.0. The molecule has 0 atom stereocenters. The molecule has 176 valence electrons. The molecule has 8 heteroatoms. The Balaban J connectivity index is 1.38. The third kappa shape index (κ3) is 4.87. The number of aromatic nitrogens is 4. The molecule has 0 saturated carbocycles. The number of aryl methyl sites for hydroxylation is 1. The molecule has 5 rings (SSSR count). The number of tetrazole rings is 1. The van der Waals surface area contributed by atoms with Crippen LogP contribution >= 0.6 is 0 Å². The number of hydrogen-bond acceptors (Lipinski definition) is 4. The fourth-order valence-corrected chi connectivity index (χ4v) is 4.25. The Morgan fingerprint density at radius 2 is 1.66 bits per heavy atom. The molecule has 4 aromatic rings. The summed E-state index contributed by atoms with van der Waals surface area (Å²) in [5.74, 6) is 1.35. The largest absolute Gasteiger partial charge is 0.457 e. The Kier molecular flexibility index (Phi) is 5.94. The van der Waals surface area contributed by atoms with Gasteiger partial charge in [0.1, 0.15) is 17.3 Å². The van der Waals surface area contributed by atoms with E-state index in [1.807, 2.05) is 24.3 Å². The van der Waals surface area contributed by atoms with Gasteiger partial charge in [0.25, 0.3) is 0 Å². The molecule has 0 spiro atoms. The maximum atomic E-state index is 13.0. The zero-order valence-electron chi connectivity index (χ0n) is 18.8. The van der Waals surface area contributed by atoms with Gasteiger partial charge >= 0.3 is 6.18 Å². The second kappa shape index (κ2) is 9.21. The van der Waals surface area contributed by atoms with Crippen LogP contribution in [0, 0.1) is 0 Å². The number of hydrogen-bond donors (Lipinski definition) is 1. The van der Waals surface area contributed by atoms with E-state index in [1.165, 1.54) is 34.4 Å². The van der Waals surface area contributed by atoms with E-state index >= 15 is 0 Å². The average molecular weight is 474 g/mol. The van der Waals surface area contributed by atoms with Crippen molar-refractivity contribution in [2.24, 2.45) is 0 Å². The van der Waals surface area contributed by atoms with Crippen LogP contribution in [0.3, 0.4) is 0 Å². The molecule has 1 aromatic heterocycles. The molecule has 35 heavy (non-hydrogen) atoms. The van der Waals surface area contributed by atoms with Crippen LogP contribution in [0.15, 0.2) is 78.4 Å². The second-order valence-electron chi connectivity index (χ2n) is 8.25. The van der Waals surface area contributed by atoms with Gasteiger partial charge < -0.3 is 4.74 Å². The Morgan fingerprint density at radius 1 is 0.886 bits per heavy atom. The van der Waals surface area contributed by atoms with Crippen LogP contribution in [0.4, 0.5) is 13.2 Å². The van der Waals surface area contributed by atoms with E-state index in [9.17, 15) is 13.2 Å². The highest BCUT2D eigenvalue weighted by molar-refractivity contribution is 6.05. The second-order valence-corrected chi connectivity index (χ2v) is 8.25. The lowest BCUT2D eigenvalue weighted by atomic mass is 10.0. The summed E-state index contributed by atoms with van der Waals surface area (Å²) in [5.41, 5.74) is 6.18. The van der Waals surface area contributed by atoms with Gasteiger partial charge in [0, 0.05) is 6.42 Å². The van der Waals surface area contributed by atoms with Gasteiger partial charge in [0.2, 0.25) is 0 Å². The number of aromatic amines is 1. The molecular weight excluding hydrogens is 453 g/mol. The van der Waals surface area contributed by atoms with E-state index < -0.39 is 11.7 Å². The van der Waals surface area contributed by atoms with E-state index in [0.717, 1.165) is 35.5 Å². The van der Waals surface area contributed by atoms with E-state index in [4.69, 9.17) is 4.74 Å². The molecule has 0 fully saturated rings. The van der Waals surface area contributed by atoms with Gasteiger partial charge in [-0.25, -0.2) is 5.10 Å². The molecule has 1 aliphatic rings. The molecule has 0 aliphatic heterocycles. The highest BCUT2D eigenvalue weighted by Gasteiger charge is 2.30. The zero-order valence-corrected chi connectivity index (χ0v) is 18.8. The van der Waals surface area contributed by atoms with Crippen LogP contribution in [0.25, 0.3) is 17.2 Å². The van der Waals surface area contributed by atoms with E-state index in [1.54, 1.807) is 12.1 Å². The zero-order chi connectivity index (χ0) is 24.4. The molecule has 5 nitrogen and oxygen atoms in total. The number of rotatable bonds is 6. The number of halogens is 3. The smallest absolute Gasteiger partial charge is 0.416 e. The lowest BCUT2D eigenvalue weighted by Crippen LogP contribution is -2.04. The average Bonchev–Trinajstić information content (AvgIpc) is 3.45. The van der Waals surface area contributed by atoms with Crippen LogP contribution in [-0.4, -0.2) is 20.6 Å². The van der Waals surface area contributed by atoms with Crippen molar-refractivity contribution in [2.75, 3.05) is 0 Å². The quantitative estimate of drug-likeness (QED) is 0.328. The fraction of sp³-hybridized carbons (Fsp3) is 0.148. The Bertz CT molecular complexity index is 1410. The minimum absolute atomic E-state index is 0.140. The maximum Gasteiger partial charge on any atom is 0.416 e. The number of fused-ring (bicyclic) bond motifs is 1. The standard InChI is InChI=1S/C27H21F3N4O/c1-17-22(13-14-26-31-33-34-32-26)23-7-2-3-8-24(23)25(17)15-18-9-11-20(12-10-18)35-21-6-4-5-19(16-21)27(28,29)30/h2-12,15-16H,13-14H2,1H3,(H,31,32,33,34)/b25-15-. The van der Waals surface area contributed by atoms with Crippen LogP contribution in [0.2, 0.25) is 0 Å². The van der Waals surface area contributed by atoms with E-state index in [2.05, 4.69) is 45.8 Å². The molecule has 0 unspecified atom stereocenters. The summed E-state index contributed by atoms with van der Waals surface area (Å²) in [6.07, 6.45) is -0.780. The van der Waals surface area contributed by atoms with Crippen LogP contribution < -0.4 is 4.74 Å². The molecule has 0 saturated heterocycles. The van der Waals surface area contributed by atoms with Crippen LogP contribution in [-0.2, 0) is 12.6 Å². The summed E-state index contributed by atoms with van der Waals surface area (Å²) < 4.78 is 44.5. The van der Waals surface area contributed by atoms with Crippen molar-refractivity contribution in [3.63, 3.8) is 0 Å². The highest BCUT2D eigenvalue weighted by atomic mass is 19.4. The van der Waals surface area contributed by atoms with Crippen molar-refractivity contribution in [1.29, 1.82) is 0 Å². The molecule has 0 bridgehead atoms. The number of nitrogens with one attached hydrogen (secondary N) is 1. The lowest BCUT2D eigenvalue weighted by Gasteiger charge is -2.10. The molecule has 1 aliphatic carbocycles. The lowest BCUT2D eigenvalue weighted by molar-refractivity contribution is -0.137. The summed E-state index contributed by atoms with van der Waals surface area (Å²) in [4.78, 5) is 0. The van der Waals surface area contributed by atoms with Crippen molar-refractivity contribution in [2.45, 2.75) is 25.9 Å². The molecule has 0 radical (unpaired) electrons. The first kappa shape index (κ1) is 22.6. The van der Waals surface area contributed by atoms with Crippen molar-refractivity contribution in [1.82, 2.24) is 20.6 Å². The van der Waals surface area contributed by atoms with E-state index in [-0.39, 0.29) is 5.75 Å². The number of nitrogens with zero attached hydrogens (tertiary/aromatic N) is 3. The van der Waals surface area contributed by atoms with Crippen molar-refractivity contribution < 1.29 is 17.9 Å². The Labute approximate surface area is 200 Å². The number of allylic oxidation sites excluding steroid dienone is 3. The summed E-state index contributed by atoms with van der Waals surface area (Å²) in [5, 5.41) is 14.1. The minimum Gasteiger partial charge on any atom is -0.457 e. The fourth-order valence-electron chi connectivity index (χ4n) is 4.25. The number of alkyl halides is 3. The highest BCUT2D eigenvalue weighted by Crippen LogP contribution is 2.43. The summed E-state index contributed by atoms with van der Waals surface area (Å²) in [6, 6.07) is 20.4.